The summed E-state index contributed by atoms with van der Waals surface area (Å²) in [7, 11) is -4.43. The Kier molecular flexibility index (Phi) is 5.47. The quantitative estimate of drug-likeness (QED) is 0.782. The fourth-order valence-corrected chi connectivity index (χ4v) is 3.50. The van der Waals surface area contributed by atoms with Gasteiger partial charge in [0.2, 0.25) is 5.91 Å². The average molecular weight is 314 g/mol. The molecule has 6 nitrogen and oxygen atoms in total. The zero-order valence-electron chi connectivity index (χ0n) is 12.7. The number of aromatic nitrogens is 1. The van der Waals surface area contributed by atoms with E-state index in [9.17, 15) is 17.8 Å². The normalized spacial score (nSPS) is 16.3. The molecule has 2 unspecified atom stereocenters. The zero-order chi connectivity index (χ0) is 16.3. The lowest BCUT2D eigenvalue weighted by Gasteiger charge is -2.35. The maximum absolute atomic E-state index is 12.4. The van der Waals surface area contributed by atoms with Gasteiger partial charge in [0.15, 0.2) is 4.87 Å². The van der Waals surface area contributed by atoms with Crippen LogP contribution in [0.1, 0.15) is 45.6 Å². The summed E-state index contributed by atoms with van der Waals surface area (Å²) in [6.07, 6.45) is 3.22. The lowest BCUT2D eigenvalue weighted by molar-refractivity contribution is -0.123. The van der Waals surface area contributed by atoms with Gasteiger partial charge in [0.05, 0.1) is 5.92 Å². The largest absolute Gasteiger partial charge is 0.334 e. The molecule has 1 aromatic heterocycles. The second kappa shape index (κ2) is 6.53. The van der Waals surface area contributed by atoms with E-state index >= 15 is 0 Å². The molecule has 0 aliphatic carbocycles. The Hall–Kier alpha value is -1.47. The molecule has 7 heteroatoms. The number of nitrogens with zero attached hydrogens (tertiary/aromatic N) is 1. The van der Waals surface area contributed by atoms with E-state index in [1.54, 1.807) is 52.2 Å². The van der Waals surface area contributed by atoms with Gasteiger partial charge in [0.1, 0.15) is 0 Å². The molecular formula is C14H22N2O4S. The van der Waals surface area contributed by atoms with Crippen molar-refractivity contribution in [3.8, 4) is 0 Å². The predicted octanol–water partition coefficient (Wildman–Crippen LogP) is 1.95. The number of nitrogens with one attached hydrogen (secondary N) is 1. The van der Waals surface area contributed by atoms with Crippen LogP contribution >= 0.6 is 0 Å². The molecule has 0 saturated carbocycles. The van der Waals surface area contributed by atoms with E-state index in [-0.39, 0.29) is 6.42 Å². The minimum Gasteiger partial charge on any atom is -0.334 e. The molecule has 0 aliphatic heterocycles. The van der Waals surface area contributed by atoms with Crippen LogP contribution in [0.4, 0.5) is 0 Å². The molecule has 0 aromatic carbocycles. The Morgan fingerprint density at radius 3 is 2.24 bits per heavy atom. The van der Waals surface area contributed by atoms with Crippen LogP contribution in [0.25, 0.3) is 0 Å². The van der Waals surface area contributed by atoms with Crippen molar-refractivity contribution in [3.63, 3.8) is 0 Å². The van der Waals surface area contributed by atoms with Crippen molar-refractivity contribution in [1.82, 2.24) is 10.3 Å². The second-order valence-corrected chi connectivity index (χ2v) is 7.04. The summed E-state index contributed by atoms with van der Waals surface area (Å²) in [5.41, 5.74) is 0.728. The molecule has 118 valence electrons. The Labute approximate surface area is 125 Å². The summed E-state index contributed by atoms with van der Waals surface area (Å²) in [6, 6.07) is 3.39. The van der Waals surface area contributed by atoms with E-state index < -0.39 is 32.7 Å². The van der Waals surface area contributed by atoms with Crippen molar-refractivity contribution in [2.24, 2.45) is 5.92 Å². The standard InChI is InChI=1S/C14H22N2O4S/c1-5-14(10(2)3,21(18,19)20)16-13(17)11(4)12-6-8-15-9-7-12/h6-11H,5H2,1-4H3,(H,16,17)(H,18,19,20). The van der Waals surface area contributed by atoms with Crippen molar-refractivity contribution < 1.29 is 17.8 Å². The van der Waals surface area contributed by atoms with Crippen molar-refractivity contribution >= 4 is 16.0 Å². The number of amides is 1. The summed E-state index contributed by atoms with van der Waals surface area (Å²) < 4.78 is 33.0. The molecule has 2 N–H and O–H groups in total. The summed E-state index contributed by atoms with van der Waals surface area (Å²) in [5.74, 6) is -1.46. The van der Waals surface area contributed by atoms with Gasteiger partial charge in [-0.2, -0.15) is 8.42 Å². The third-order valence-electron chi connectivity index (χ3n) is 3.85. The van der Waals surface area contributed by atoms with Crippen LogP contribution in [0.3, 0.4) is 0 Å². The van der Waals surface area contributed by atoms with Gasteiger partial charge < -0.3 is 5.32 Å². The second-order valence-electron chi connectivity index (χ2n) is 5.36. The minimum atomic E-state index is -4.43. The van der Waals surface area contributed by atoms with Gasteiger partial charge in [-0.3, -0.25) is 14.3 Å². The summed E-state index contributed by atoms with van der Waals surface area (Å²) >= 11 is 0. The molecule has 21 heavy (non-hydrogen) atoms. The maximum Gasteiger partial charge on any atom is 0.289 e. The SMILES string of the molecule is CCC(NC(=O)C(C)c1ccncc1)(C(C)C)S(=O)(=O)O. The fraction of sp³-hybridized carbons (Fsp3) is 0.571. The number of pyridine rings is 1. The molecule has 1 aromatic rings. The van der Waals surface area contributed by atoms with Gasteiger partial charge in [-0.05, 0) is 37.0 Å². The van der Waals surface area contributed by atoms with Crippen LogP contribution in [-0.2, 0) is 14.9 Å². The first-order valence-corrected chi connectivity index (χ1v) is 8.28. The molecule has 0 radical (unpaired) electrons. The molecule has 0 spiro atoms. The average Bonchev–Trinajstić information content (AvgIpc) is 2.42. The van der Waals surface area contributed by atoms with E-state index in [0.29, 0.717) is 0 Å². The van der Waals surface area contributed by atoms with Crippen LogP contribution < -0.4 is 5.32 Å². The highest BCUT2D eigenvalue weighted by Gasteiger charge is 2.46. The van der Waals surface area contributed by atoms with Crippen molar-refractivity contribution in [2.45, 2.75) is 44.9 Å². The Bertz CT molecular complexity index is 586. The molecule has 0 aliphatic rings. The van der Waals surface area contributed by atoms with Crippen LogP contribution in [0.2, 0.25) is 0 Å². The van der Waals surface area contributed by atoms with E-state index in [1.807, 2.05) is 0 Å². The van der Waals surface area contributed by atoms with E-state index in [1.165, 1.54) is 0 Å². The zero-order valence-corrected chi connectivity index (χ0v) is 13.5. The van der Waals surface area contributed by atoms with Gasteiger partial charge in [-0.15, -0.1) is 0 Å². The third-order valence-corrected chi connectivity index (χ3v) is 5.64. The molecule has 2 atom stereocenters. The third kappa shape index (κ3) is 3.59. The van der Waals surface area contributed by atoms with E-state index in [0.717, 1.165) is 5.56 Å². The number of carbonyl (C=O) groups excluding carboxylic acids is 1. The van der Waals surface area contributed by atoms with E-state index in [2.05, 4.69) is 10.3 Å². The summed E-state index contributed by atoms with van der Waals surface area (Å²) in [5, 5.41) is 2.52. The summed E-state index contributed by atoms with van der Waals surface area (Å²) in [6.45, 7) is 6.59. The maximum atomic E-state index is 12.4. The first-order chi connectivity index (χ1) is 9.65. The molecular weight excluding hydrogens is 292 g/mol. The first-order valence-electron chi connectivity index (χ1n) is 6.84. The molecule has 0 bridgehead atoms. The minimum absolute atomic E-state index is 0.0817. The van der Waals surface area contributed by atoms with Crippen molar-refractivity contribution in [3.05, 3.63) is 30.1 Å². The van der Waals surface area contributed by atoms with Gasteiger partial charge in [-0.1, -0.05) is 20.8 Å². The summed E-state index contributed by atoms with van der Waals surface area (Å²) in [4.78, 5) is 14.6. The smallest absolute Gasteiger partial charge is 0.289 e. The molecule has 0 saturated heterocycles. The number of hydrogen-bond donors (Lipinski definition) is 2. The Balaban J connectivity index is 3.08. The topological polar surface area (TPSA) is 96.4 Å². The van der Waals surface area contributed by atoms with Crippen LogP contribution in [0, 0.1) is 5.92 Å². The van der Waals surface area contributed by atoms with Crippen molar-refractivity contribution in [2.75, 3.05) is 0 Å². The Morgan fingerprint density at radius 1 is 1.33 bits per heavy atom. The molecule has 0 fully saturated rings. The lowest BCUT2D eigenvalue weighted by Crippen LogP contribution is -2.58. The highest BCUT2D eigenvalue weighted by atomic mass is 32.2. The monoisotopic (exact) mass is 314 g/mol. The molecule has 1 heterocycles. The Morgan fingerprint density at radius 2 is 1.86 bits per heavy atom. The van der Waals surface area contributed by atoms with Crippen LogP contribution in [0.15, 0.2) is 24.5 Å². The van der Waals surface area contributed by atoms with Gasteiger partial charge in [-0.25, -0.2) is 0 Å². The highest BCUT2D eigenvalue weighted by molar-refractivity contribution is 7.87. The van der Waals surface area contributed by atoms with Crippen molar-refractivity contribution in [1.29, 1.82) is 0 Å². The molecule has 1 amide bonds. The fourth-order valence-electron chi connectivity index (χ4n) is 2.31. The van der Waals surface area contributed by atoms with Gasteiger partial charge in [0.25, 0.3) is 10.1 Å². The molecule has 1 rings (SSSR count). The van der Waals surface area contributed by atoms with E-state index in [4.69, 9.17) is 0 Å². The first kappa shape index (κ1) is 17.6. The van der Waals surface area contributed by atoms with Gasteiger partial charge in [0, 0.05) is 12.4 Å². The van der Waals surface area contributed by atoms with Gasteiger partial charge >= 0.3 is 0 Å². The lowest BCUT2D eigenvalue weighted by atomic mass is 9.97. The number of hydrogen-bond acceptors (Lipinski definition) is 4. The highest BCUT2D eigenvalue weighted by Crippen LogP contribution is 2.28. The van der Waals surface area contributed by atoms with Crippen LogP contribution in [-0.4, -0.2) is 28.7 Å². The number of rotatable bonds is 6. The number of carbonyl (C=O) groups is 1. The predicted molar refractivity (Wildman–Crippen MR) is 80.2 cm³/mol. The van der Waals surface area contributed by atoms with Crippen LogP contribution in [0.5, 0.6) is 0 Å².